The molecule has 4 nitrogen and oxygen atoms in total. The van der Waals surface area contributed by atoms with E-state index in [-0.39, 0.29) is 132 Å². The molecule has 0 bridgehead atoms. The van der Waals surface area contributed by atoms with E-state index in [0.717, 1.165) is 0 Å². The van der Waals surface area contributed by atoms with Crippen molar-refractivity contribution in [3.8, 4) is 0 Å². The summed E-state index contributed by atoms with van der Waals surface area (Å²) >= 11 is 0. The molecular weight excluding hydrogens is 374 g/mol. The SMILES string of the molecule is C.C.C.C.C.C.C.C.OCO.OCO.[CH3-].[Y].[Y]. The fourth-order valence-electron chi connectivity index (χ4n) is 0. The van der Waals surface area contributed by atoms with Crippen molar-refractivity contribution in [2.45, 2.75) is 59.4 Å². The van der Waals surface area contributed by atoms with Crippen molar-refractivity contribution < 1.29 is 85.8 Å². The summed E-state index contributed by atoms with van der Waals surface area (Å²) in [7, 11) is 0. The van der Waals surface area contributed by atoms with Gasteiger partial charge in [0.15, 0.2) is 0 Å². The molecule has 0 aliphatic heterocycles. The van der Waals surface area contributed by atoms with Gasteiger partial charge in [-0.25, -0.2) is 0 Å². The van der Waals surface area contributed by atoms with Crippen molar-refractivity contribution in [1.29, 1.82) is 0 Å². The van der Waals surface area contributed by atoms with Crippen LogP contribution in [0, 0.1) is 7.43 Å². The van der Waals surface area contributed by atoms with Crippen LogP contribution in [0.4, 0.5) is 0 Å². The molecule has 0 aromatic rings. The second kappa shape index (κ2) is 320. The van der Waals surface area contributed by atoms with Crippen LogP contribution in [0.15, 0.2) is 0 Å². The molecule has 0 aliphatic carbocycles. The zero-order chi connectivity index (χ0) is 5.41. The summed E-state index contributed by atoms with van der Waals surface area (Å²) in [5.74, 6) is 0. The molecule has 0 atom stereocenters. The van der Waals surface area contributed by atoms with E-state index >= 15 is 0 Å². The van der Waals surface area contributed by atoms with Gasteiger partial charge >= 0.3 is 0 Å². The van der Waals surface area contributed by atoms with E-state index in [1.54, 1.807) is 0 Å². The van der Waals surface area contributed by atoms with Crippen LogP contribution < -0.4 is 0 Å². The van der Waals surface area contributed by atoms with E-state index < -0.39 is 13.6 Å². The number of rotatable bonds is 0. The number of hydrogen-bond acceptors (Lipinski definition) is 4. The average Bonchev–Trinajstić information content (AvgIpc) is 1.39. The minimum Gasteiger partial charge on any atom is -0.371 e. The zero-order valence-corrected chi connectivity index (χ0v) is 11.0. The fourth-order valence-corrected chi connectivity index (χ4v) is 0. The Bertz CT molecular complexity index is 23.4. The van der Waals surface area contributed by atoms with Crippen molar-refractivity contribution in [1.82, 2.24) is 0 Å². The van der Waals surface area contributed by atoms with E-state index in [0.29, 0.717) is 0 Å². The predicted molar refractivity (Wildman–Crippen MR) is 78.9 cm³/mol. The monoisotopic (exact) mass is 417 g/mol. The Balaban J connectivity index is -0.00000000104. The summed E-state index contributed by atoms with van der Waals surface area (Å²) in [6, 6.07) is 0. The molecule has 118 valence electrons. The van der Waals surface area contributed by atoms with Gasteiger partial charge in [0, 0.05) is 65.4 Å². The molecule has 0 heterocycles. The van der Waals surface area contributed by atoms with Crippen LogP contribution in [-0.2, 0) is 65.4 Å². The number of hydrogen-bond donors (Lipinski definition) is 4. The third-order valence-electron chi connectivity index (χ3n) is 0. The Hall–Kier alpha value is 2.05. The average molecular weight is 417 g/mol. The topological polar surface area (TPSA) is 80.9 Å². The van der Waals surface area contributed by atoms with Gasteiger partial charge in [0.2, 0.25) is 0 Å². The standard InChI is InChI=1S/2CH4O2.8CH4.CH3.2Y/c2*2-1-3;;;;;;;;;;;/h2*2-3H,1H2;8*1H4;1H3;;/q;;;;;;;;;;-1;;. The van der Waals surface area contributed by atoms with Crippen molar-refractivity contribution in [2.75, 3.05) is 13.6 Å². The van der Waals surface area contributed by atoms with Crippen molar-refractivity contribution in [3.05, 3.63) is 7.43 Å². The van der Waals surface area contributed by atoms with E-state index in [4.69, 9.17) is 20.4 Å². The second-order valence-corrected chi connectivity index (χ2v) is 0.283. The molecule has 0 saturated heterocycles. The Morgan fingerprint density at radius 2 is 0.412 bits per heavy atom. The Morgan fingerprint density at radius 1 is 0.412 bits per heavy atom. The maximum absolute atomic E-state index is 7.12. The van der Waals surface area contributed by atoms with Crippen LogP contribution in [0.25, 0.3) is 0 Å². The van der Waals surface area contributed by atoms with E-state index in [1.807, 2.05) is 0 Å². The Labute approximate surface area is 164 Å². The van der Waals surface area contributed by atoms with Gasteiger partial charge in [0.05, 0.1) is 0 Å². The third kappa shape index (κ3) is 1110. The molecule has 4 N–H and O–H groups in total. The zero-order valence-electron chi connectivity index (χ0n) is 5.36. The molecule has 0 aromatic carbocycles. The predicted octanol–water partition coefficient (Wildman–Crippen LogP) is 3.39. The molecule has 0 spiro atoms. The molecule has 0 aliphatic rings. The first kappa shape index (κ1) is 170. The minimum atomic E-state index is -0.750. The van der Waals surface area contributed by atoms with Crippen LogP contribution >= 0.6 is 0 Å². The van der Waals surface area contributed by atoms with Crippen LogP contribution in [-0.4, -0.2) is 34.0 Å². The summed E-state index contributed by atoms with van der Waals surface area (Å²) in [4.78, 5) is 0. The van der Waals surface area contributed by atoms with Gasteiger partial charge in [-0.05, 0) is 0 Å². The first-order valence-corrected chi connectivity index (χ1v) is 1.26. The van der Waals surface area contributed by atoms with Gasteiger partial charge in [0.25, 0.3) is 0 Å². The van der Waals surface area contributed by atoms with E-state index in [1.165, 1.54) is 0 Å². The van der Waals surface area contributed by atoms with Gasteiger partial charge in [-0.2, -0.15) is 0 Å². The quantitative estimate of drug-likeness (QED) is 0.360. The molecule has 0 saturated carbocycles. The molecule has 0 unspecified atom stereocenters. The van der Waals surface area contributed by atoms with Crippen LogP contribution in [0.5, 0.6) is 0 Å². The first-order valence-electron chi connectivity index (χ1n) is 1.26. The first-order chi connectivity index (χ1) is 2.83. The maximum atomic E-state index is 7.12. The van der Waals surface area contributed by atoms with Gasteiger partial charge in [-0.3, -0.25) is 0 Å². The molecule has 0 amide bonds. The maximum Gasteiger partial charge on any atom is 0.140 e. The summed E-state index contributed by atoms with van der Waals surface area (Å²) in [5, 5.41) is 28.5. The number of aliphatic hydroxyl groups excluding tert-OH is 2. The summed E-state index contributed by atoms with van der Waals surface area (Å²) < 4.78 is 0. The summed E-state index contributed by atoms with van der Waals surface area (Å²) in [5.41, 5.74) is 0. The van der Waals surface area contributed by atoms with Crippen LogP contribution in [0.3, 0.4) is 0 Å². The van der Waals surface area contributed by atoms with E-state index in [2.05, 4.69) is 0 Å². The largest absolute Gasteiger partial charge is 0.371 e. The van der Waals surface area contributed by atoms with Crippen LogP contribution in [0.2, 0.25) is 0 Å². The van der Waals surface area contributed by atoms with Gasteiger partial charge in [-0.15, -0.1) is 0 Å². The summed E-state index contributed by atoms with van der Waals surface area (Å²) in [6.45, 7) is -1.50. The smallest absolute Gasteiger partial charge is 0.140 e. The third-order valence-corrected chi connectivity index (χ3v) is 0. The van der Waals surface area contributed by atoms with Gasteiger partial charge in [0.1, 0.15) is 13.6 Å². The molecule has 6 heteroatoms. The second-order valence-electron chi connectivity index (χ2n) is 0.283. The van der Waals surface area contributed by atoms with Crippen molar-refractivity contribution in [2.24, 2.45) is 0 Å². The molecular formula is C11H43O4Y2-. The molecule has 2 radical (unpaired) electrons. The molecule has 17 heavy (non-hydrogen) atoms. The normalized spacial score (nSPS) is 2.12. The molecule has 0 fully saturated rings. The van der Waals surface area contributed by atoms with Crippen LogP contribution in [0.1, 0.15) is 59.4 Å². The Morgan fingerprint density at radius 3 is 0.412 bits per heavy atom. The fraction of sp³-hybridized carbons (Fsp3) is 0.909. The van der Waals surface area contributed by atoms with Gasteiger partial charge < -0.3 is 27.9 Å². The molecule has 0 aromatic heterocycles. The minimum absolute atomic E-state index is 0. The Kier molecular flexibility index (Phi) is 3190. The molecule has 0 rings (SSSR count). The summed E-state index contributed by atoms with van der Waals surface area (Å²) in [6.07, 6.45) is 0. The number of aliphatic hydroxyl groups is 4. The van der Waals surface area contributed by atoms with Crippen molar-refractivity contribution >= 4 is 0 Å². The van der Waals surface area contributed by atoms with Crippen molar-refractivity contribution in [3.63, 3.8) is 0 Å². The van der Waals surface area contributed by atoms with E-state index in [9.17, 15) is 0 Å². The van der Waals surface area contributed by atoms with Gasteiger partial charge in [-0.1, -0.05) is 59.4 Å².